The first kappa shape index (κ1) is 14.7. The van der Waals surface area contributed by atoms with Gasteiger partial charge in [-0.1, -0.05) is 28.1 Å². The van der Waals surface area contributed by atoms with Gasteiger partial charge in [0.1, 0.15) is 5.82 Å². The lowest BCUT2D eigenvalue weighted by atomic mass is 9.75. The summed E-state index contributed by atoms with van der Waals surface area (Å²) in [4.78, 5) is 29.2. The van der Waals surface area contributed by atoms with E-state index in [4.69, 9.17) is 0 Å². The highest BCUT2D eigenvalue weighted by atomic mass is 79.9. The molecule has 8 heteroatoms. The number of hydrazine groups is 1. The molecule has 23 heavy (non-hydrogen) atoms. The molecule has 4 rings (SSSR count). The summed E-state index contributed by atoms with van der Waals surface area (Å²) in [6, 6.07) is 8.10. The van der Waals surface area contributed by atoms with Crippen LogP contribution in [0.25, 0.3) is 0 Å². The van der Waals surface area contributed by atoms with Crippen LogP contribution in [0.1, 0.15) is 24.0 Å². The van der Waals surface area contributed by atoms with E-state index in [1.54, 1.807) is 0 Å². The van der Waals surface area contributed by atoms with Crippen molar-refractivity contribution in [2.75, 3.05) is 5.32 Å². The van der Waals surface area contributed by atoms with Crippen molar-refractivity contribution in [2.45, 2.75) is 25.0 Å². The highest BCUT2D eigenvalue weighted by Gasteiger charge is 2.46. The maximum atomic E-state index is 12.5. The van der Waals surface area contributed by atoms with E-state index in [1.165, 1.54) is 0 Å². The Labute approximate surface area is 140 Å². The van der Waals surface area contributed by atoms with Gasteiger partial charge in [0.25, 0.3) is 5.56 Å². The normalized spacial score (nSPS) is 28.8. The van der Waals surface area contributed by atoms with Crippen molar-refractivity contribution >= 4 is 21.7 Å². The molecule has 1 saturated heterocycles. The van der Waals surface area contributed by atoms with Gasteiger partial charge in [0.15, 0.2) is 0 Å². The highest BCUT2D eigenvalue weighted by molar-refractivity contribution is 9.10. The van der Waals surface area contributed by atoms with E-state index in [-0.39, 0.29) is 29.6 Å². The van der Waals surface area contributed by atoms with E-state index in [0.29, 0.717) is 11.4 Å². The number of rotatable bonds is 1. The van der Waals surface area contributed by atoms with E-state index in [2.05, 4.69) is 49.0 Å². The summed E-state index contributed by atoms with van der Waals surface area (Å²) >= 11 is 3.50. The first-order chi connectivity index (χ1) is 11.0. The molecule has 1 aromatic heterocycles. The SMILES string of the molecule is CC1NNC2Nc3[nH]c(=O)[nH]c(=O)c3C(c3cccc(Br)c3)C12. The number of aromatic nitrogens is 2. The molecule has 0 amide bonds. The van der Waals surface area contributed by atoms with Gasteiger partial charge in [-0.25, -0.2) is 10.2 Å². The minimum absolute atomic E-state index is 0.0704. The van der Waals surface area contributed by atoms with Gasteiger partial charge in [-0.2, -0.15) is 0 Å². The van der Waals surface area contributed by atoms with Gasteiger partial charge >= 0.3 is 5.69 Å². The van der Waals surface area contributed by atoms with Crippen LogP contribution in [-0.2, 0) is 0 Å². The Kier molecular flexibility index (Phi) is 3.40. The van der Waals surface area contributed by atoms with Crippen LogP contribution in [0.4, 0.5) is 5.82 Å². The maximum Gasteiger partial charge on any atom is 0.327 e. The summed E-state index contributed by atoms with van der Waals surface area (Å²) in [7, 11) is 0. The largest absolute Gasteiger partial charge is 0.354 e. The van der Waals surface area contributed by atoms with E-state index >= 15 is 0 Å². The Morgan fingerprint density at radius 2 is 1.96 bits per heavy atom. The second-order valence-corrected chi connectivity index (χ2v) is 6.92. The van der Waals surface area contributed by atoms with Crippen molar-refractivity contribution in [2.24, 2.45) is 5.92 Å². The molecule has 2 aliphatic heterocycles. The van der Waals surface area contributed by atoms with Gasteiger partial charge in [0.2, 0.25) is 0 Å². The average Bonchev–Trinajstić information content (AvgIpc) is 2.86. The van der Waals surface area contributed by atoms with Gasteiger partial charge < -0.3 is 5.32 Å². The van der Waals surface area contributed by atoms with E-state index in [0.717, 1.165) is 10.0 Å². The fourth-order valence-corrected chi connectivity index (χ4v) is 4.08. The van der Waals surface area contributed by atoms with Crippen LogP contribution in [0.3, 0.4) is 0 Å². The number of hydrogen-bond acceptors (Lipinski definition) is 5. The monoisotopic (exact) mass is 377 g/mol. The number of fused-ring (bicyclic) bond motifs is 2. The van der Waals surface area contributed by atoms with Crippen LogP contribution in [0.5, 0.6) is 0 Å². The smallest absolute Gasteiger partial charge is 0.327 e. The topological polar surface area (TPSA) is 102 Å². The van der Waals surface area contributed by atoms with Crippen LogP contribution in [0.15, 0.2) is 38.3 Å². The van der Waals surface area contributed by atoms with E-state index in [1.807, 2.05) is 24.3 Å². The zero-order chi connectivity index (χ0) is 16.1. The molecular formula is C15H16BrN5O2. The number of nitrogens with one attached hydrogen (secondary N) is 5. The van der Waals surface area contributed by atoms with Crippen molar-refractivity contribution < 1.29 is 0 Å². The molecule has 0 aliphatic carbocycles. The molecule has 5 N–H and O–H groups in total. The third kappa shape index (κ3) is 2.34. The van der Waals surface area contributed by atoms with Crippen LogP contribution >= 0.6 is 15.9 Å². The summed E-state index contributed by atoms with van der Waals surface area (Å²) < 4.78 is 0.957. The molecule has 7 nitrogen and oxygen atoms in total. The van der Waals surface area contributed by atoms with Gasteiger partial charge in [-0.15, -0.1) is 0 Å². The van der Waals surface area contributed by atoms with Crippen LogP contribution in [-0.4, -0.2) is 22.2 Å². The average molecular weight is 378 g/mol. The number of hydrogen-bond donors (Lipinski definition) is 5. The predicted molar refractivity (Wildman–Crippen MR) is 90.3 cm³/mol. The van der Waals surface area contributed by atoms with Gasteiger partial charge in [-0.3, -0.25) is 20.2 Å². The Morgan fingerprint density at radius 3 is 2.74 bits per heavy atom. The number of anilines is 1. The number of H-pyrrole nitrogens is 2. The van der Waals surface area contributed by atoms with Crippen LogP contribution < -0.4 is 27.4 Å². The Bertz CT molecular complexity index is 877. The minimum atomic E-state index is -0.508. The molecule has 120 valence electrons. The van der Waals surface area contributed by atoms with E-state index in [9.17, 15) is 9.59 Å². The molecule has 2 aliphatic rings. The molecule has 2 aromatic rings. The summed E-state index contributed by atoms with van der Waals surface area (Å²) in [6.07, 6.45) is -0.0704. The number of benzene rings is 1. The standard InChI is InChI=1S/C15H16BrN5O2/c1-6-9-10(7-3-2-4-8(16)5-7)11-12(17-13(9)21-20-6)18-15(23)19-14(11)22/h2-6,9-10,13,20-21H,1H3,(H3,17,18,19,22,23). The highest BCUT2D eigenvalue weighted by Crippen LogP contribution is 2.42. The van der Waals surface area contributed by atoms with Crippen LogP contribution in [0.2, 0.25) is 0 Å². The lowest BCUT2D eigenvalue weighted by Crippen LogP contribution is -2.47. The Morgan fingerprint density at radius 1 is 1.13 bits per heavy atom. The number of halogens is 1. The first-order valence-electron chi connectivity index (χ1n) is 7.44. The van der Waals surface area contributed by atoms with Crippen molar-refractivity contribution in [1.82, 2.24) is 20.8 Å². The predicted octanol–water partition coefficient (Wildman–Crippen LogP) is 0.822. The van der Waals surface area contributed by atoms with E-state index < -0.39 is 5.69 Å². The van der Waals surface area contributed by atoms with Crippen molar-refractivity contribution in [3.05, 3.63) is 60.7 Å². The lowest BCUT2D eigenvalue weighted by molar-refractivity contribution is 0.386. The fourth-order valence-electron chi connectivity index (χ4n) is 3.66. The molecule has 4 atom stereocenters. The van der Waals surface area contributed by atoms with Crippen molar-refractivity contribution in [1.29, 1.82) is 0 Å². The molecule has 0 bridgehead atoms. The quantitative estimate of drug-likeness (QED) is 0.506. The van der Waals surface area contributed by atoms with Crippen LogP contribution in [0, 0.1) is 5.92 Å². The third-order valence-corrected chi connectivity index (χ3v) is 5.11. The minimum Gasteiger partial charge on any atom is -0.354 e. The molecular weight excluding hydrogens is 362 g/mol. The van der Waals surface area contributed by atoms with Crippen molar-refractivity contribution in [3.63, 3.8) is 0 Å². The molecule has 0 spiro atoms. The van der Waals surface area contributed by atoms with Gasteiger partial charge in [0, 0.05) is 22.4 Å². The van der Waals surface area contributed by atoms with Gasteiger partial charge in [0.05, 0.1) is 11.7 Å². The molecule has 1 fully saturated rings. The number of aromatic amines is 2. The lowest BCUT2D eigenvalue weighted by Gasteiger charge is -2.36. The third-order valence-electron chi connectivity index (χ3n) is 4.61. The molecule has 1 aromatic carbocycles. The summed E-state index contributed by atoms with van der Waals surface area (Å²) in [5.74, 6) is 0.476. The van der Waals surface area contributed by atoms with Crippen molar-refractivity contribution in [3.8, 4) is 0 Å². The Hall–Kier alpha value is -1.90. The Balaban J connectivity index is 1.97. The second kappa shape index (κ2) is 5.33. The molecule has 4 unspecified atom stereocenters. The molecule has 0 saturated carbocycles. The zero-order valence-corrected chi connectivity index (χ0v) is 13.9. The second-order valence-electron chi connectivity index (χ2n) is 6.01. The summed E-state index contributed by atoms with van der Waals surface area (Å²) in [5, 5.41) is 3.22. The maximum absolute atomic E-state index is 12.5. The molecule has 3 heterocycles. The van der Waals surface area contributed by atoms with Gasteiger partial charge in [-0.05, 0) is 24.6 Å². The summed E-state index contributed by atoms with van der Waals surface area (Å²) in [5.41, 5.74) is 7.16. The first-order valence-corrected chi connectivity index (χ1v) is 8.23. The summed E-state index contributed by atoms with van der Waals surface area (Å²) in [6.45, 7) is 2.08. The fraction of sp³-hybridized carbons (Fsp3) is 0.333. The zero-order valence-electron chi connectivity index (χ0n) is 12.3. The molecule has 0 radical (unpaired) electrons.